The fourth-order valence-electron chi connectivity index (χ4n) is 2.62. The van der Waals surface area contributed by atoms with E-state index < -0.39 is 24.7 Å². The van der Waals surface area contributed by atoms with Crippen molar-refractivity contribution in [3.05, 3.63) is 47.5 Å². The van der Waals surface area contributed by atoms with Gasteiger partial charge in [0, 0.05) is 18.9 Å². The van der Waals surface area contributed by atoms with E-state index in [4.69, 9.17) is 0 Å². The highest BCUT2D eigenvalue weighted by Crippen LogP contribution is 2.29. The van der Waals surface area contributed by atoms with E-state index in [0.29, 0.717) is 22.4 Å². The van der Waals surface area contributed by atoms with Crippen LogP contribution in [-0.4, -0.2) is 39.5 Å². The number of hydrogen-bond donors (Lipinski definition) is 0. The van der Waals surface area contributed by atoms with Gasteiger partial charge in [0.05, 0.1) is 18.5 Å². The van der Waals surface area contributed by atoms with Crippen LogP contribution < -0.4 is 0 Å². The van der Waals surface area contributed by atoms with E-state index in [0.717, 1.165) is 11.5 Å². The Kier molecular flexibility index (Phi) is 5.31. The minimum atomic E-state index is -4.39. The molecule has 0 aliphatic rings. The zero-order valence-corrected chi connectivity index (χ0v) is 14.8. The number of ether oxygens (including phenoxy) is 2. The maximum atomic E-state index is 13.9. The lowest BCUT2D eigenvalue weighted by Gasteiger charge is -2.13. The molecule has 28 heavy (non-hydrogen) atoms. The zero-order valence-electron chi connectivity index (χ0n) is 14.8. The molecule has 1 aromatic carbocycles. The first kappa shape index (κ1) is 20.1. The normalized spacial score (nSPS) is 12.7. The number of fused-ring (bicyclic) bond motifs is 1. The van der Waals surface area contributed by atoms with E-state index in [1.165, 1.54) is 12.4 Å². The SMILES string of the molecule is COC(F)(F)c1nnc2cnc(-c3ccc(COCC(F)(F)F)cc3C)cn12. The van der Waals surface area contributed by atoms with Crippen molar-refractivity contribution in [2.45, 2.75) is 25.8 Å². The number of hydrogen-bond acceptors (Lipinski definition) is 5. The fraction of sp³-hybridized carbons (Fsp3) is 0.353. The van der Waals surface area contributed by atoms with Gasteiger partial charge in [-0.15, -0.1) is 10.2 Å². The molecule has 0 atom stereocenters. The Labute approximate surface area is 155 Å². The van der Waals surface area contributed by atoms with Gasteiger partial charge in [-0.2, -0.15) is 22.0 Å². The highest BCUT2D eigenvalue weighted by Gasteiger charge is 2.37. The van der Waals surface area contributed by atoms with Crippen molar-refractivity contribution in [3.8, 4) is 11.3 Å². The molecule has 0 saturated heterocycles. The summed E-state index contributed by atoms with van der Waals surface area (Å²) in [6.45, 7) is 0.185. The minimum absolute atomic E-state index is 0.116. The second kappa shape index (κ2) is 7.40. The Morgan fingerprint density at radius 2 is 1.86 bits per heavy atom. The van der Waals surface area contributed by atoms with Crippen LogP contribution >= 0.6 is 0 Å². The average Bonchev–Trinajstić information content (AvgIpc) is 3.04. The molecule has 11 heteroatoms. The van der Waals surface area contributed by atoms with E-state index in [2.05, 4.69) is 24.7 Å². The molecule has 3 rings (SSSR count). The van der Waals surface area contributed by atoms with Gasteiger partial charge in [0.15, 0.2) is 5.65 Å². The smallest absolute Gasteiger partial charge is 0.367 e. The Balaban J connectivity index is 1.89. The maximum absolute atomic E-state index is 13.9. The third-order valence-electron chi connectivity index (χ3n) is 3.91. The van der Waals surface area contributed by atoms with Crippen molar-refractivity contribution >= 4 is 5.65 Å². The molecule has 0 spiro atoms. The van der Waals surface area contributed by atoms with Crippen molar-refractivity contribution in [1.82, 2.24) is 19.6 Å². The van der Waals surface area contributed by atoms with E-state index in [1.807, 2.05) is 0 Å². The van der Waals surface area contributed by atoms with Crippen molar-refractivity contribution in [2.75, 3.05) is 13.7 Å². The molecule has 0 saturated carbocycles. The van der Waals surface area contributed by atoms with Gasteiger partial charge < -0.3 is 9.47 Å². The molecule has 150 valence electrons. The second-order valence-electron chi connectivity index (χ2n) is 6.00. The van der Waals surface area contributed by atoms with Crippen molar-refractivity contribution < 1.29 is 31.4 Å². The molecule has 3 aromatic rings. The molecule has 0 aliphatic carbocycles. The minimum Gasteiger partial charge on any atom is -0.367 e. The highest BCUT2D eigenvalue weighted by atomic mass is 19.4. The maximum Gasteiger partial charge on any atom is 0.417 e. The summed E-state index contributed by atoms with van der Waals surface area (Å²) in [5.41, 5.74) is 2.32. The third kappa shape index (κ3) is 4.25. The van der Waals surface area contributed by atoms with Gasteiger partial charge in [-0.05, 0) is 18.1 Å². The van der Waals surface area contributed by atoms with E-state index >= 15 is 0 Å². The van der Waals surface area contributed by atoms with E-state index in [9.17, 15) is 22.0 Å². The fourth-order valence-corrected chi connectivity index (χ4v) is 2.62. The molecule has 0 bridgehead atoms. The number of halogens is 5. The van der Waals surface area contributed by atoms with Crippen LogP contribution in [0.5, 0.6) is 0 Å². The van der Waals surface area contributed by atoms with E-state index in [1.54, 1.807) is 25.1 Å². The average molecular weight is 402 g/mol. The van der Waals surface area contributed by atoms with Crippen molar-refractivity contribution in [3.63, 3.8) is 0 Å². The van der Waals surface area contributed by atoms with Gasteiger partial charge in [-0.1, -0.05) is 18.2 Å². The first-order valence-corrected chi connectivity index (χ1v) is 7.99. The summed E-state index contributed by atoms with van der Waals surface area (Å²) in [7, 11) is 0.854. The van der Waals surface area contributed by atoms with Gasteiger partial charge in [-0.25, -0.2) is 0 Å². The van der Waals surface area contributed by atoms with Crippen LogP contribution in [0.1, 0.15) is 17.0 Å². The van der Waals surface area contributed by atoms with Gasteiger partial charge in [0.1, 0.15) is 6.61 Å². The standard InChI is InChI=1S/C17H15F5N4O2/c1-10-5-11(8-28-9-16(18,19)20)3-4-12(10)13-7-26-14(6-23-13)24-25-15(26)17(21,22)27-2/h3-7H,8-9H2,1-2H3. The number of alkyl halides is 5. The molecule has 0 fully saturated rings. The molecule has 6 nitrogen and oxygen atoms in total. The van der Waals surface area contributed by atoms with Crippen LogP contribution in [0.25, 0.3) is 16.9 Å². The Hall–Kier alpha value is -2.66. The van der Waals surface area contributed by atoms with Crippen LogP contribution in [0, 0.1) is 6.92 Å². The molecule has 0 aliphatic heterocycles. The highest BCUT2D eigenvalue weighted by molar-refractivity contribution is 5.64. The summed E-state index contributed by atoms with van der Waals surface area (Å²) >= 11 is 0. The van der Waals surface area contributed by atoms with Gasteiger partial charge in [0.25, 0.3) is 0 Å². The van der Waals surface area contributed by atoms with Crippen LogP contribution in [0.15, 0.2) is 30.6 Å². The first-order chi connectivity index (χ1) is 13.1. The molecule has 0 radical (unpaired) electrons. The summed E-state index contributed by atoms with van der Waals surface area (Å²) in [6, 6.07) is 4.87. The van der Waals surface area contributed by atoms with Crippen LogP contribution in [0.3, 0.4) is 0 Å². The summed E-state index contributed by atoms with van der Waals surface area (Å²) < 4.78 is 74.1. The third-order valence-corrected chi connectivity index (χ3v) is 3.91. The molecular weight excluding hydrogens is 387 g/mol. The van der Waals surface area contributed by atoms with Crippen LogP contribution in [-0.2, 0) is 22.2 Å². The molecule has 2 heterocycles. The van der Waals surface area contributed by atoms with Crippen LogP contribution in [0.2, 0.25) is 0 Å². The van der Waals surface area contributed by atoms with Crippen molar-refractivity contribution in [2.24, 2.45) is 0 Å². The summed E-state index contributed by atoms with van der Waals surface area (Å²) in [4.78, 5) is 4.19. The van der Waals surface area contributed by atoms with Gasteiger partial charge in [-0.3, -0.25) is 9.38 Å². The van der Waals surface area contributed by atoms with Gasteiger partial charge in [0.2, 0.25) is 5.82 Å². The lowest BCUT2D eigenvalue weighted by molar-refractivity contribution is -0.237. The predicted molar refractivity (Wildman–Crippen MR) is 87.6 cm³/mol. The first-order valence-electron chi connectivity index (χ1n) is 7.99. The number of aryl methyl sites for hydroxylation is 1. The Morgan fingerprint density at radius 1 is 1.11 bits per heavy atom. The molecule has 0 unspecified atom stereocenters. The number of rotatable bonds is 6. The molecule has 2 aromatic heterocycles. The van der Waals surface area contributed by atoms with Crippen LogP contribution in [0.4, 0.5) is 22.0 Å². The number of benzene rings is 1. The number of methoxy groups -OCH3 is 1. The summed E-state index contributed by atoms with van der Waals surface area (Å²) in [6.07, 6.45) is -5.39. The van der Waals surface area contributed by atoms with Gasteiger partial charge >= 0.3 is 12.3 Å². The lowest BCUT2D eigenvalue weighted by atomic mass is 10.0. The lowest BCUT2D eigenvalue weighted by Crippen LogP contribution is -2.19. The monoisotopic (exact) mass is 402 g/mol. The largest absolute Gasteiger partial charge is 0.417 e. The molecule has 0 N–H and O–H groups in total. The Morgan fingerprint density at radius 3 is 2.50 bits per heavy atom. The number of aromatic nitrogens is 4. The topological polar surface area (TPSA) is 61.5 Å². The quantitative estimate of drug-likeness (QED) is 0.586. The van der Waals surface area contributed by atoms with Crippen molar-refractivity contribution in [1.29, 1.82) is 0 Å². The predicted octanol–water partition coefficient (Wildman–Crippen LogP) is 3.87. The zero-order chi connectivity index (χ0) is 20.5. The summed E-state index contributed by atoms with van der Waals surface area (Å²) in [5, 5.41) is 7.09. The molecular formula is C17H15F5N4O2. The number of nitrogens with zero attached hydrogens (tertiary/aromatic N) is 4. The van der Waals surface area contributed by atoms with E-state index in [-0.39, 0.29) is 12.3 Å². The molecule has 0 amide bonds. The summed E-state index contributed by atoms with van der Waals surface area (Å²) in [5.74, 6) is -0.691. The Bertz CT molecular complexity index is 987. The second-order valence-corrected chi connectivity index (χ2v) is 6.00.